The molecule has 1 N–H and O–H groups in total. The first-order chi connectivity index (χ1) is 11.0. The monoisotopic (exact) mass is 312 g/mol. The zero-order chi connectivity index (χ0) is 16.8. The van der Waals surface area contributed by atoms with Gasteiger partial charge in [-0.3, -0.25) is 4.79 Å². The van der Waals surface area contributed by atoms with Crippen LogP contribution in [0.1, 0.15) is 29.3 Å². The molecule has 0 spiro atoms. The lowest BCUT2D eigenvalue weighted by atomic mass is 10.1. The molecule has 4 heteroatoms. The highest BCUT2D eigenvalue weighted by atomic mass is 16.5. The van der Waals surface area contributed by atoms with Gasteiger partial charge in [-0.25, -0.2) is 0 Å². The molecular formula is C19H24N2O2. The first-order valence-electron chi connectivity index (χ1n) is 7.84. The first kappa shape index (κ1) is 16.9. The van der Waals surface area contributed by atoms with Crippen molar-refractivity contribution in [3.05, 3.63) is 53.6 Å². The van der Waals surface area contributed by atoms with Crippen LogP contribution in [0.3, 0.4) is 0 Å². The number of aryl methyl sites for hydroxylation is 1. The topological polar surface area (TPSA) is 41.6 Å². The summed E-state index contributed by atoms with van der Waals surface area (Å²) in [6.07, 6.45) is 0.924. The minimum atomic E-state index is -0.133. The van der Waals surface area contributed by atoms with E-state index in [0.29, 0.717) is 23.6 Å². The number of carbonyl (C=O) groups excluding carboxylic acids is 1. The third kappa shape index (κ3) is 4.25. The molecule has 0 fully saturated rings. The van der Waals surface area contributed by atoms with Crippen LogP contribution in [-0.4, -0.2) is 26.6 Å². The number of nitrogens with one attached hydrogen (secondary N) is 1. The third-order valence-corrected chi connectivity index (χ3v) is 3.54. The Morgan fingerprint density at radius 2 is 1.91 bits per heavy atom. The maximum absolute atomic E-state index is 12.5. The largest absolute Gasteiger partial charge is 0.491 e. The molecule has 1 amide bonds. The second-order valence-electron chi connectivity index (χ2n) is 5.69. The van der Waals surface area contributed by atoms with E-state index in [1.807, 2.05) is 68.4 Å². The Labute approximate surface area is 138 Å². The molecule has 0 aliphatic heterocycles. The summed E-state index contributed by atoms with van der Waals surface area (Å²) in [5.74, 6) is 0.565. The van der Waals surface area contributed by atoms with Crippen molar-refractivity contribution in [2.24, 2.45) is 0 Å². The Hall–Kier alpha value is -2.49. The Bertz CT molecular complexity index is 681. The van der Waals surface area contributed by atoms with Crippen molar-refractivity contribution in [3.63, 3.8) is 0 Å². The normalized spacial score (nSPS) is 10.3. The van der Waals surface area contributed by atoms with Gasteiger partial charge in [-0.15, -0.1) is 0 Å². The summed E-state index contributed by atoms with van der Waals surface area (Å²) in [6, 6.07) is 13.2. The van der Waals surface area contributed by atoms with Crippen LogP contribution >= 0.6 is 0 Å². The number of para-hydroxylation sites is 2. The minimum Gasteiger partial charge on any atom is -0.491 e. The average molecular weight is 312 g/mol. The van der Waals surface area contributed by atoms with Crippen molar-refractivity contribution >= 4 is 17.3 Å². The zero-order valence-electron chi connectivity index (χ0n) is 14.2. The van der Waals surface area contributed by atoms with E-state index >= 15 is 0 Å². The highest BCUT2D eigenvalue weighted by Crippen LogP contribution is 2.25. The fourth-order valence-corrected chi connectivity index (χ4v) is 2.40. The molecule has 0 aromatic heterocycles. The molecule has 2 aromatic carbocycles. The number of carbonyl (C=O) groups is 1. The van der Waals surface area contributed by atoms with Gasteiger partial charge in [0, 0.05) is 25.3 Å². The van der Waals surface area contributed by atoms with E-state index in [-0.39, 0.29) is 5.91 Å². The van der Waals surface area contributed by atoms with Crippen molar-refractivity contribution in [2.45, 2.75) is 20.3 Å². The van der Waals surface area contributed by atoms with E-state index in [1.54, 1.807) is 0 Å². The van der Waals surface area contributed by atoms with E-state index in [1.165, 1.54) is 0 Å². The molecule has 2 rings (SSSR count). The van der Waals surface area contributed by atoms with E-state index in [4.69, 9.17) is 4.74 Å². The molecule has 0 aliphatic carbocycles. The maximum atomic E-state index is 12.5. The lowest BCUT2D eigenvalue weighted by Crippen LogP contribution is -2.15. The van der Waals surface area contributed by atoms with Crippen LogP contribution in [0.4, 0.5) is 11.4 Å². The quantitative estimate of drug-likeness (QED) is 0.873. The van der Waals surface area contributed by atoms with Crippen LogP contribution in [0, 0.1) is 6.92 Å². The van der Waals surface area contributed by atoms with Crippen LogP contribution in [0.2, 0.25) is 0 Å². The van der Waals surface area contributed by atoms with Gasteiger partial charge in [0.2, 0.25) is 0 Å². The summed E-state index contributed by atoms with van der Waals surface area (Å²) in [5.41, 5.74) is 3.50. The van der Waals surface area contributed by atoms with Crippen LogP contribution < -0.4 is 15.0 Å². The molecular weight excluding hydrogens is 288 g/mol. The number of ether oxygens (including phenoxy) is 1. The zero-order valence-corrected chi connectivity index (χ0v) is 14.2. The lowest BCUT2D eigenvalue weighted by molar-refractivity contribution is 0.102. The predicted octanol–water partition coefficient (Wildman–Crippen LogP) is 4.10. The summed E-state index contributed by atoms with van der Waals surface area (Å²) in [7, 11) is 3.98. The fraction of sp³-hybridized carbons (Fsp3) is 0.316. The second kappa shape index (κ2) is 7.68. The van der Waals surface area contributed by atoms with Gasteiger partial charge < -0.3 is 15.0 Å². The molecule has 0 bridgehead atoms. The SMILES string of the molecule is CCCOc1ccccc1NC(=O)c1ccc(N(C)C)c(C)c1. The molecule has 122 valence electrons. The minimum absolute atomic E-state index is 0.133. The van der Waals surface area contributed by atoms with Crippen LogP contribution in [0.25, 0.3) is 0 Å². The van der Waals surface area contributed by atoms with Gasteiger partial charge in [-0.05, 0) is 49.2 Å². The number of amides is 1. The van der Waals surface area contributed by atoms with E-state index in [0.717, 1.165) is 17.7 Å². The number of nitrogens with zero attached hydrogens (tertiary/aromatic N) is 1. The summed E-state index contributed by atoms with van der Waals surface area (Å²) in [6.45, 7) is 4.68. The van der Waals surface area contributed by atoms with E-state index in [2.05, 4.69) is 12.2 Å². The average Bonchev–Trinajstić information content (AvgIpc) is 2.53. The third-order valence-electron chi connectivity index (χ3n) is 3.54. The number of anilines is 2. The molecule has 0 aliphatic rings. The standard InChI is InChI=1S/C19H24N2O2/c1-5-12-23-18-9-7-6-8-16(18)20-19(22)15-10-11-17(21(3)4)14(2)13-15/h6-11,13H,5,12H2,1-4H3,(H,20,22). The fourth-order valence-electron chi connectivity index (χ4n) is 2.40. The van der Waals surface area contributed by atoms with Crippen molar-refractivity contribution in [1.29, 1.82) is 0 Å². The molecule has 0 atom stereocenters. The molecule has 0 saturated carbocycles. The van der Waals surface area contributed by atoms with Gasteiger partial charge in [0.05, 0.1) is 12.3 Å². The maximum Gasteiger partial charge on any atom is 0.255 e. The smallest absolute Gasteiger partial charge is 0.255 e. The van der Waals surface area contributed by atoms with Crippen LogP contribution in [-0.2, 0) is 0 Å². The van der Waals surface area contributed by atoms with Gasteiger partial charge in [-0.1, -0.05) is 19.1 Å². The number of rotatable bonds is 6. The molecule has 0 unspecified atom stereocenters. The molecule has 0 saturated heterocycles. The van der Waals surface area contributed by atoms with E-state index in [9.17, 15) is 4.79 Å². The van der Waals surface area contributed by atoms with Crippen LogP contribution in [0.5, 0.6) is 5.75 Å². The summed E-state index contributed by atoms with van der Waals surface area (Å²) in [4.78, 5) is 14.5. The second-order valence-corrected chi connectivity index (χ2v) is 5.69. The van der Waals surface area contributed by atoms with Crippen LogP contribution in [0.15, 0.2) is 42.5 Å². The number of benzene rings is 2. The van der Waals surface area contributed by atoms with Gasteiger partial charge in [0.15, 0.2) is 0 Å². The number of hydrogen-bond acceptors (Lipinski definition) is 3. The van der Waals surface area contributed by atoms with Crippen molar-refractivity contribution in [1.82, 2.24) is 0 Å². The Kier molecular flexibility index (Phi) is 5.63. The van der Waals surface area contributed by atoms with Gasteiger partial charge in [0.25, 0.3) is 5.91 Å². The number of hydrogen-bond donors (Lipinski definition) is 1. The molecule has 0 heterocycles. The predicted molar refractivity (Wildman–Crippen MR) is 95.7 cm³/mol. The Morgan fingerprint density at radius 1 is 1.17 bits per heavy atom. The Morgan fingerprint density at radius 3 is 2.57 bits per heavy atom. The Balaban J connectivity index is 2.18. The van der Waals surface area contributed by atoms with Crippen molar-refractivity contribution in [2.75, 3.05) is 30.9 Å². The molecule has 23 heavy (non-hydrogen) atoms. The van der Waals surface area contributed by atoms with Gasteiger partial charge >= 0.3 is 0 Å². The van der Waals surface area contributed by atoms with Crippen molar-refractivity contribution < 1.29 is 9.53 Å². The van der Waals surface area contributed by atoms with Gasteiger partial charge in [0.1, 0.15) is 5.75 Å². The van der Waals surface area contributed by atoms with Crippen molar-refractivity contribution in [3.8, 4) is 5.75 Å². The summed E-state index contributed by atoms with van der Waals surface area (Å²) in [5, 5.41) is 2.93. The summed E-state index contributed by atoms with van der Waals surface area (Å²) < 4.78 is 5.68. The highest BCUT2D eigenvalue weighted by Gasteiger charge is 2.11. The molecule has 4 nitrogen and oxygen atoms in total. The lowest BCUT2D eigenvalue weighted by Gasteiger charge is -2.16. The molecule has 2 aromatic rings. The first-order valence-corrected chi connectivity index (χ1v) is 7.84. The molecule has 0 radical (unpaired) electrons. The van der Waals surface area contributed by atoms with E-state index < -0.39 is 0 Å². The van der Waals surface area contributed by atoms with Gasteiger partial charge in [-0.2, -0.15) is 0 Å². The summed E-state index contributed by atoms with van der Waals surface area (Å²) >= 11 is 0. The highest BCUT2D eigenvalue weighted by molar-refractivity contribution is 6.05.